The normalized spacial score (nSPS) is 15.5. The molecule has 7 heteroatoms. The van der Waals surface area contributed by atoms with Gasteiger partial charge in [-0.05, 0) is 37.4 Å². The van der Waals surface area contributed by atoms with E-state index in [1.54, 1.807) is 24.7 Å². The van der Waals surface area contributed by atoms with Crippen molar-refractivity contribution in [2.75, 3.05) is 38.1 Å². The van der Waals surface area contributed by atoms with Crippen LogP contribution in [0.2, 0.25) is 0 Å². The van der Waals surface area contributed by atoms with Gasteiger partial charge in [-0.15, -0.1) is 0 Å². The molecule has 25 heavy (non-hydrogen) atoms. The summed E-state index contributed by atoms with van der Waals surface area (Å²) in [6.45, 7) is 3.82. The van der Waals surface area contributed by atoms with Gasteiger partial charge < -0.3 is 14.8 Å². The minimum atomic E-state index is -0.264. The Labute approximate surface area is 145 Å². The number of hydrogen-bond donors (Lipinski definition) is 1. The smallest absolute Gasteiger partial charge is 0.225 e. The van der Waals surface area contributed by atoms with Crippen molar-refractivity contribution in [3.05, 3.63) is 48.7 Å². The monoisotopic (exact) mass is 338 g/mol. The third-order valence-corrected chi connectivity index (χ3v) is 4.44. The van der Waals surface area contributed by atoms with E-state index in [-0.39, 0.29) is 5.82 Å². The highest BCUT2D eigenvalue weighted by Gasteiger charge is 2.18. The van der Waals surface area contributed by atoms with E-state index in [2.05, 4.69) is 31.8 Å². The van der Waals surface area contributed by atoms with Gasteiger partial charge in [-0.3, -0.25) is 0 Å². The Morgan fingerprint density at radius 3 is 2.52 bits per heavy atom. The second-order valence-electron chi connectivity index (χ2n) is 6.17. The van der Waals surface area contributed by atoms with Gasteiger partial charge in [-0.1, -0.05) is 0 Å². The summed E-state index contributed by atoms with van der Waals surface area (Å²) in [6, 6.07) is 8.17. The Bertz CT molecular complexity index is 852. The molecular formula is C18H19FN6. The summed E-state index contributed by atoms with van der Waals surface area (Å²) in [5, 5.41) is 0. The number of H-pyrrole nitrogens is 1. The fourth-order valence-corrected chi connectivity index (χ4v) is 2.96. The van der Waals surface area contributed by atoms with E-state index in [0.29, 0.717) is 0 Å². The molecule has 0 bridgehead atoms. The molecular weight excluding hydrogens is 319 g/mol. The van der Waals surface area contributed by atoms with Crippen molar-refractivity contribution in [3.8, 4) is 22.6 Å². The minimum absolute atomic E-state index is 0.264. The van der Waals surface area contributed by atoms with E-state index in [9.17, 15) is 4.39 Å². The van der Waals surface area contributed by atoms with E-state index in [1.807, 2.05) is 6.07 Å². The number of hydrogen-bond acceptors (Lipinski definition) is 5. The topological polar surface area (TPSA) is 60.9 Å². The molecule has 3 heterocycles. The Morgan fingerprint density at radius 2 is 1.76 bits per heavy atom. The molecule has 0 saturated carbocycles. The van der Waals surface area contributed by atoms with Crippen molar-refractivity contribution < 1.29 is 4.39 Å². The zero-order chi connectivity index (χ0) is 17.2. The first kappa shape index (κ1) is 15.7. The third-order valence-electron chi connectivity index (χ3n) is 4.44. The number of piperazine rings is 1. The Morgan fingerprint density at radius 1 is 1.00 bits per heavy atom. The largest absolute Gasteiger partial charge is 0.343 e. The lowest BCUT2D eigenvalue weighted by atomic mass is 10.1. The van der Waals surface area contributed by atoms with Crippen LogP contribution in [-0.4, -0.2) is 58.1 Å². The van der Waals surface area contributed by atoms with Crippen LogP contribution >= 0.6 is 0 Å². The SMILES string of the molecule is CN1CCN(c2nccc(-c3[nH]cnc3-c3ccc(F)cc3)n2)CC1. The molecule has 0 unspecified atom stereocenters. The summed E-state index contributed by atoms with van der Waals surface area (Å²) in [7, 11) is 2.12. The molecule has 0 spiro atoms. The number of nitrogens with zero attached hydrogens (tertiary/aromatic N) is 5. The van der Waals surface area contributed by atoms with Crippen LogP contribution in [0.15, 0.2) is 42.9 Å². The van der Waals surface area contributed by atoms with Gasteiger partial charge in [0.25, 0.3) is 0 Å². The first-order valence-electron chi connectivity index (χ1n) is 8.27. The maximum atomic E-state index is 13.2. The first-order valence-corrected chi connectivity index (χ1v) is 8.27. The molecule has 0 aliphatic carbocycles. The highest BCUT2D eigenvalue weighted by Crippen LogP contribution is 2.28. The van der Waals surface area contributed by atoms with Crippen LogP contribution in [0.4, 0.5) is 10.3 Å². The quantitative estimate of drug-likeness (QED) is 0.795. The maximum absolute atomic E-state index is 13.2. The van der Waals surface area contributed by atoms with Gasteiger partial charge in [0, 0.05) is 37.9 Å². The summed E-state index contributed by atoms with van der Waals surface area (Å²) in [5.74, 6) is 0.463. The minimum Gasteiger partial charge on any atom is -0.343 e. The maximum Gasteiger partial charge on any atom is 0.225 e. The molecule has 1 N–H and O–H groups in total. The molecule has 128 valence electrons. The summed E-state index contributed by atoms with van der Waals surface area (Å²) < 4.78 is 13.2. The van der Waals surface area contributed by atoms with Crippen molar-refractivity contribution in [2.24, 2.45) is 0 Å². The standard InChI is InChI=1S/C18H19FN6/c1-24-8-10-25(11-9-24)18-20-7-6-15(23-18)17-16(21-12-22-17)13-2-4-14(19)5-3-13/h2-7,12H,8-11H2,1H3,(H,21,22). The van der Waals surface area contributed by atoms with Crippen molar-refractivity contribution in [3.63, 3.8) is 0 Å². The van der Waals surface area contributed by atoms with Gasteiger partial charge in [-0.2, -0.15) is 0 Å². The zero-order valence-corrected chi connectivity index (χ0v) is 14.0. The van der Waals surface area contributed by atoms with Crippen LogP contribution in [0.3, 0.4) is 0 Å². The summed E-state index contributed by atoms with van der Waals surface area (Å²) >= 11 is 0. The molecule has 3 aromatic rings. The molecule has 1 aliphatic heterocycles. The second kappa shape index (κ2) is 6.60. The predicted molar refractivity (Wildman–Crippen MR) is 94.7 cm³/mol. The van der Waals surface area contributed by atoms with Crippen LogP contribution < -0.4 is 4.90 Å². The molecule has 6 nitrogen and oxygen atoms in total. The van der Waals surface area contributed by atoms with Crippen molar-refractivity contribution in [1.29, 1.82) is 0 Å². The van der Waals surface area contributed by atoms with Gasteiger partial charge >= 0.3 is 0 Å². The number of aromatic nitrogens is 4. The predicted octanol–water partition coefficient (Wildman–Crippen LogP) is 2.42. The lowest BCUT2D eigenvalue weighted by molar-refractivity contribution is 0.311. The Hall–Kier alpha value is -2.80. The number of nitrogens with one attached hydrogen (secondary N) is 1. The molecule has 1 fully saturated rings. The van der Waals surface area contributed by atoms with E-state index >= 15 is 0 Å². The third kappa shape index (κ3) is 3.23. The van der Waals surface area contributed by atoms with E-state index < -0.39 is 0 Å². The van der Waals surface area contributed by atoms with E-state index in [1.165, 1.54) is 12.1 Å². The van der Waals surface area contributed by atoms with E-state index in [0.717, 1.165) is 54.8 Å². The molecule has 2 aromatic heterocycles. The van der Waals surface area contributed by atoms with Gasteiger partial charge in [0.2, 0.25) is 5.95 Å². The number of aromatic amines is 1. The summed E-state index contributed by atoms with van der Waals surface area (Å²) in [5.41, 5.74) is 3.19. The summed E-state index contributed by atoms with van der Waals surface area (Å²) in [4.78, 5) is 21.2. The van der Waals surface area contributed by atoms with Crippen LogP contribution in [0.1, 0.15) is 0 Å². The first-order chi connectivity index (χ1) is 12.2. The van der Waals surface area contributed by atoms with Gasteiger partial charge in [0.1, 0.15) is 5.82 Å². The fourth-order valence-electron chi connectivity index (χ4n) is 2.96. The average molecular weight is 338 g/mol. The lowest BCUT2D eigenvalue weighted by Crippen LogP contribution is -2.45. The molecule has 4 rings (SSSR count). The molecule has 0 amide bonds. The van der Waals surface area contributed by atoms with Crippen molar-refractivity contribution in [1.82, 2.24) is 24.8 Å². The Kier molecular flexibility index (Phi) is 4.15. The number of likely N-dealkylation sites (N-methyl/N-ethyl adjacent to an activating group) is 1. The fraction of sp³-hybridized carbons (Fsp3) is 0.278. The zero-order valence-electron chi connectivity index (χ0n) is 14.0. The van der Waals surface area contributed by atoms with E-state index in [4.69, 9.17) is 4.98 Å². The van der Waals surface area contributed by atoms with Crippen LogP contribution in [0.25, 0.3) is 22.6 Å². The van der Waals surface area contributed by atoms with Crippen molar-refractivity contribution >= 4 is 5.95 Å². The van der Waals surface area contributed by atoms with Crippen LogP contribution in [0.5, 0.6) is 0 Å². The molecule has 0 radical (unpaired) electrons. The summed E-state index contributed by atoms with van der Waals surface area (Å²) in [6.07, 6.45) is 3.40. The van der Waals surface area contributed by atoms with Gasteiger partial charge in [0.15, 0.2) is 0 Å². The second-order valence-corrected chi connectivity index (χ2v) is 6.17. The van der Waals surface area contributed by atoms with Gasteiger partial charge in [0.05, 0.1) is 23.4 Å². The molecule has 0 atom stereocenters. The van der Waals surface area contributed by atoms with Crippen molar-refractivity contribution in [2.45, 2.75) is 0 Å². The van der Waals surface area contributed by atoms with Crippen LogP contribution in [-0.2, 0) is 0 Å². The van der Waals surface area contributed by atoms with Crippen LogP contribution in [0, 0.1) is 5.82 Å². The molecule has 1 aliphatic rings. The number of halogens is 1. The highest BCUT2D eigenvalue weighted by molar-refractivity contribution is 5.76. The average Bonchev–Trinajstić information content (AvgIpc) is 3.13. The molecule has 1 aromatic carbocycles. The number of benzene rings is 1. The number of imidazole rings is 1. The molecule has 1 saturated heterocycles. The number of rotatable bonds is 3. The van der Waals surface area contributed by atoms with Gasteiger partial charge in [-0.25, -0.2) is 19.3 Å². The Balaban J connectivity index is 1.66. The number of anilines is 1. The lowest BCUT2D eigenvalue weighted by Gasteiger charge is -2.32. The highest BCUT2D eigenvalue weighted by atomic mass is 19.1.